The second-order valence-electron chi connectivity index (χ2n) is 7.70. The van der Waals surface area contributed by atoms with Gasteiger partial charge in [-0.05, 0) is 61.9 Å². The van der Waals surface area contributed by atoms with E-state index in [9.17, 15) is 4.79 Å². The molecule has 1 aliphatic carbocycles. The van der Waals surface area contributed by atoms with Crippen LogP contribution in [0.25, 0.3) is 0 Å². The van der Waals surface area contributed by atoms with E-state index < -0.39 is 0 Å². The summed E-state index contributed by atoms with van der Waals surface area (Å²) in [6.45, 7) is 6.86. The third-order valence-corrected chi connectivity index (χ3v) is 5.77. The van der Waals surface area contributed by atoms with Crippen LogP contribution in [-0.4, -0.2) is 36.6 Å². The first kappa shape index (κ1) is 18.3. The minimum Gasteiger partial charge on any atom is -0.465 e. The van der Waals surface area contributed by atoms with Crippen LogP contribution in [0.2, 0.25) is 0 Å². The minimum absolute atomic E-state index is 0.0580. The Hall–Kier alpha value is -2.11. The van der Waals surface area contributed by atoms with Crippen molar-refractivity contribution in [3.63, 3.8) is 0 Å². The van der Waals surface area contributed by atoms with Crippen LogP contribution in [0, 0.1) is 13.8 Å². The van der Waals surface area contributed by atoms with Crippen molar-refractivity contribution in [3.8, 4) is 0 Å². The van der Waals surface area contributed by atoms with E-state index in [0.29, 0.717) is 19.6 Å². The van der Waals surface area contributed by atoms with E-state index in [4.69, 9.17) is 9.15 Å². The molecule has 2 aromatic rings. The van der Waals surface area contributed by atoms with Crippen LogP contribution in [0.4, 0.5) is 5.69 Å². The maximum atomic E-state index is 12.7. The summed E-state index contributed by atoms with van der Waals surface area (Å²) in [6.07, 6.45) is 3.78. The molecular weight excluding hydrogens is 340 g/mol. The van der Waals surface area contributed by atoms with E-state index in [-0.39, 0.29) is 11.9 Å². The first-order valence-electron chi connectivity index (χ1n) is 9.88. The summed E-state index contributed by atoms with van der Waals surface area (Å²) in [6, 6.07) is 8.39. The Kier molecular flexibility index (Phi) is 5.32. The number of fused-ring (bicyclic) bond motifs is 1. The number of nitrogens with one attached hydrogen (secondary N) is 1. The smallest absolute Gasteiger partial charge is 0.226 e. The third kappa shape index (κ3) is 4.09. The Morgan fingerprint density at radius 1 is 1.30 bits per heavy atom. The van der Waals surface area contributed by atoms with Gasteiger partial charge in [-0.15, -0.1) is 0 Å². The number of carbonyl (C=O) groups is 1. The number of nitrogens with zero attached hydrogens (tertiary/aromatic N) is 1. The summed E-state index contributed by atoms with van der Waals surface area (Å²) in [5.41, 5.74) is 4.84. The number of furan rings is 1. The number of ether oxygens (including phenoxy) is 1. The third-order valence-electron chi connectivity index (χ3n) is 5.77. The van der Waals surface area contributed by atoms with E-state index in [1.165, 1.54) is 23.1 Å². The van der Waals surface area contributed by atoms with E-state index >= 15 is 0 Å². The van der Waals surface area contributed by atoms with Crippen LogP contribution >= 0.6 is 0 Å². The molecule has 2 heterocycles. The molecule has 1 aromatic heterocycles. The van der Waals surface area contributed by atoms with Gasteiger partial charge in [0.2, 0.25) is 5.91 Å². The highest BCUT2D eigenvalue weighted by molar-refractivity contribution is 5.92. The first-order chi connectivity index (χ1) is 13.1. The molecule has 0 spiro atoms. The lowest BCUT2D eigenvalue weighted by molar-refractivity contribution is -0.119. The lowest BCUT2D eigenvalue weighted by atomic mass is 10.1. The number of amides is 1. The fraction of sp³-hybridized carbons (Fsp3) is 0.500. The maximum Gasteiger partial charge on any atom is 0.226 e. The Morgan fingerprint density at radius 3 is 3.00 bits per heavy atom. The highest BCUT2D eigenvalue weighted by Crippen LogP contribution is 2.29. The molecule has 1 saturated heterocycles. The Labute approximate surface area is 160 Å². The number of benzene rings is 1. The number of carbonyl (C=O) groups excluding carboxylic acids is 1. The average molecular weight is 368 g/mol. The number of anilines is 1. The summed E-state index contributed by atoms with van der Waals surface area (Å²) >= 11 is 0. The molecule has 4 rings (SSSR count). The van der Waals surface area contributed by atoms with Gasteiger partial charge in [-0.1, -0.05) is 12.1 Å². The zero-order valence-corrected chi connectivity index (χ0v) is 16.2. The Morgan fingerprint density at radius 2 is 2.19 bits per heavy atom. The van der Waals surface area contributed by atoms with Crippen LogP contribution in [0.3, 0.4) is 0 Å². The highest BCUT2D eigenvalue weighted by Gasteiger charge is 2.27. The molecule has 5 nitrogen and oxygen atoms in total. The Bertz CT molecular complexity index is 807. The summed E-state index contributed by atoms with van der Waals surface area (Å²) in [5.74, 6) is 1.98. The topological polar surface area (TPSA) is 54.7 Å². The molecule has 1 aromatic carbocycles. The van der Waals surface area contributed by atoms with Crippen molar-refractivity contribution < 1.29 is 13.9 Å². The van der Waals surface area contributed by atoms with Gasteiger partial charge in [0.05, 0.1) is 19.8 Å². The summed E-state index contributed by atoms with van der Waals surface area (Å²) in [5, 5.41) is 3.14. The molecule has 1 aliphatic heterocycles. The predicted octanol–water partition coefficient (Wildman–Crippen LogP) is 3.61. The SMILES string of the molecule is Cc1cc(CN2CCOC[C@H]2CC(=O)Nc2cccc3c2CCC3)oc1C. The normalized spacial score (nSPS) is 19.9. The molecule has 2 aliphatic rings. The van der Waals surface area contributed by atoms with Crippen LogP contribution in [-0.2, 0) is 28.9 Å². The van der Waals surface area contributed by atoms with Gasteiger partial charge in [-0.25, -0.2) is 0 Å². The number of aryl methyl sites for hydroxylation is 3. The molecule has 27 heavy (non-hydrogen) atoms. The Balaban J connectivity index is 1.40. The van der Waals surface area contributed by atoms with Crippen LogP contribution < -0.4 is 5.32 Å². The molecule has 5 heteroatoms. The van der Waals surface area contributed by atoms with Gasteiger partial charge >= 0.3 is 0 Å². The molecule has 0 radical (unpaired) electrons. The molecule has 1 fully saturated rings. The summed E-state index contributed by atoms with van der Waals surface area (Å²) in [7, 11) is 0. The molecule has 1 atom stereocenters. The number of rotatable bonds is 5. The van der Waals surface area contributed by atoms with Crippen molar-refractivity contribution in [1.82, 2.24) is 4.90 Å². The zero-order valence-electron chi connectivity index (χ0n) is 16.2. The van der Waals surface area contributed by atoms with Crippen molar-refractivity contribution in [2.24, 2.45) is 0 Å². The van der Waals surface area contributed by atoms with E-state index in [2.05, 4.69) is 29.3 Å². The standard InChI is InChI=1S/C22H28N2O3/c1-15-11-19(27-16(15)2)13-24-9-10-26-14-18(24)12-22(25)23-21-8-4-6-17-5-3-7-20(17)21/h4,6,8,11,18H,3,5,7,9-10,12-14H2,1-2H3,(H,23,25)/t18-/m1/s1. The number of morpholine rings is 1. The summed E-state index contributed by atoms with van der Waals surface area (Å²) in [4.78, 5) is 15.0. The fourth-order valence-corrected chi connectivity index (χ4v) is 4.17. The first-order valence-corrected chi connectivity index (χ1v) is 9.88. The second kappa shape index (κ2) is 7.87. The lowest BCUT2D eigenvalue weighted by Gasteiger charge is -2.34. The van der Waals surface area contributed by atoms with Crippen LogP contribution in [0.5, 0.6) is 0 Å². The maximum absolute atomic E-state index is 12.7. The number of hydrogen-bond donors (Lipinski definition) is 1. The zero-order chi connectivity index (χ0) is 18.8. The second-order valence-corrected chi connectivity index (χ2v) is 7.70. The fourth-order valence-electron chi connectivity index (χ4n) is 4.17. The molecule has 0 bridgehead atoms. The van der Waals surface area contributed by atoms with Gasteiger partial charge in [-0.2, -0.15) is 0 Å². The van der Waals surface area contributed by atoms with Crippen molar-refractivity contribution in [3.05, 3.63) is 52.5 Å². The van der Waals surface area contributed by atoms with Gasteiger partial charge in [0.15, 0.2) is 0 Å². The van der Waals surface area contributed by atoms with E-state index in [1.807, 2.05) is 19.1 Å². The van der Waals surface area contributed by atoms with Gasteiger partial charge < -0.3 is 14.5 Å². The average Bonchev–Trinajstić information content (AvgIpc) is 3.24. The predicted molar refractivity (Wildman–Crippen MR) is 105 cm³/mol. The van der Waals surface area contributed by atoms with E-state index in [0.717, 1.165) is 43.1 Å². The van der Waals surface area contributed by atoms with Gasteiger partial charge in [0.25, 0.3) is 0 Å². The van der Waals surface area contributed by atoms with Crippen molar-refractivity contribution in [1.29, 1.82) is 0 Å². The minimum atomic E-state index is 0.0580. The van der Waals surface area contributed by atoms with Crippen molar-refractivity contribution in [2.45, 2.75) is 52.1 Å². The molecule has 1 N–H and O–H groups in total. The van der Waals surface area contributed by atoms with Crippen LogP contribution in [0.1, 0.15) is 41.1 Å². The van der Waals surface area contributed by atoms with Gasteiger partial charge in [0.1, 0.15) is 11.5 Å². The number of hydrogen-bond acceptors (Lipinski definition) is 4. The van der Waals surface area contributed by atoms with Gasteiger partial charge in [-0.3, -0.25) is 9.69 Å². The molecule has 0 saturated carbocycles. The van der Waals surface area contributed by atoms with Crippen molar-refractivity contribution >= 4 is 11.6 Å². The highest BCUT2D eigenvalue weighted by atomic mass is 16.5. The van der Waals surface area contributed by atoms with Crippen LogP contribution in [0.15, 0.2) is 28.7 Å². The molecular formula is C22H28N2O3. The van der Waals surface area contributed by atoms with Gasteiger partial charge in [0, 0.05) is 24.7 Å². The van der Waals surface area contributed by atoms with E-state index in [1.54, 1.807) is 0 Å². The molecule has 1 amide bonds. The molecule has 144 valence electrons. The largest absolute Gasteiger partial charge is 0.465 e. The monoisotopic (exact) mass is 368 g/mol. The quantitative estimate of drug-likeness (QED) is 0.876. The lowest BCUT2D eigenvalue weighted by Crippen LogP contribution is -2.46. The molecule has 0 unspecified atom stereocenters. The summed E-state index contributed by atoms with van der Waals surface area (Å²) < 4.78 is 11.5. The van der Waals surface area contributed by atoms with Crippen molar-refractivity contribution in [2.75, 3.05) is 25.1 Å².